The van der Waals surface area contributed by atoms with E-state index < -0.39 is 0 Å². The van der Waals surface area contributed by atoms with E-state index in [4.69, 9.17) is 14.5 Å². The first-order valence-corrected chi connectivity index (χ1v) is 9.12. The van der Waals surface area contributed by atoms with E-state index in [1.807, 2.05) is 20.2 Å². The van der Waals surface area contributed by atoms with Crippen LogP contribution in [0.3, 0.4) is 0 Å². The third kappa shape index (κ3) is 5.00. The molecule has 1 aliphatic carbocycles. The van der Waals surface area contributed by atoms with Crippen LogP contribution in [0, 0.1) is 5.92 Å². The molecule has 2 unspecified atom stereocenters. The van der Waals surface area contributed by atoms with Crippen LogP contribution in [0.15, 0.2) is 12.1 Å². The molecule has 1 aromatic rings. The van der Waals surface area contributed by atoms with Crippen molar-refractivity contribution >= 4 is 11.7 Å². The number of hydrogen-bond donors (Lipinski definition) is 1. The first-order valence-electron chi connectivity index (χ1n) is 9.12. The van der Waals surface area contributed by atoms with E-state index in [0.29, 0.717) is 18.3 Å². The molecular formula is C19H29N3O3. The van der Waals surface area contributed by atoms with Gasteiger partial charge in [-0.2, -0.15) is 0 Å². The molecule has 1 aromatic heterocycles. The Morgan fingerprint density at radius 3 is 2.84 bits per heavy atom. The van der Waals surface area contributed by atoms with Gasteiger partial charge in [0.15, 0.2) is 0 Å². The summed E-state index contributed by atoms with van der Waals surface area (Å²) in [6.07, 6.45) is 4.08. The smallest absolute Gasteiger partial charge is 0.228 e. The number of anilines is 1. The lowest BCUT2D eigenvalue weighted by Gasteiger charge is -2.30. The number of pyridine rings is 1. The van der Waals surface area contributed by atoms with Crippen molar-refractivity contribution < 1.29 is 14.3 Å². The number of carbonyl (C=O) groups excluding carboxylic acids is 1. The monoisotopic (exact) mass is 347 g/mol. The van der Waals surface area contributed by atoms with Crippen LogP contribution in [-0.4, -0.2) is 56.3 Å². The van der Waals surface area contributed by atoms with Crippen molar-refractivity contribution in [3.05, 3.63) is 23.4 Å². The van der Waals surface area contributed by atoms with Gasteiger partial charge in [0.25, 0.3) is 0 Å². The zero-order valence-electron chi connectivity index (χ0n) is 15.5. The third-order valence-electron chi connectivity index (χ3n) is 4.83. The van der Waals surface area contributed by atoms with Gasteiger partial charge in [-0.05, 0) is 57.3 Å². The standard InChI is InChI=1S/C19H29N3O3/c1-22(2)11-17-16(14-8-9-25-15(10-14)12-24-3)6-7-18(20-17)21-19(23)13-4-5-13/h6-7,13-15H,4-5,8-12H2,1-3H3,(H,20,21,23). The van der Waals surface area contributed by atoms with Crippen LogP contribution in [0.2, 0.25) is 0 Å². The number of hydrogen-bond acceptors (Lipinski definition) is 5. The summed E-state index contributed by atoms with van der Waals surface area (Å²) >= 11 is 0. The summed E-state index contributed by atoms with van der Waals surface area (Å²) < 4.78 is 11.0. The fraction of sp³-hybridized carbons (Fsp3) is 0.684. The maximum absolute atomic E-state index is 12.0. The molecule has 0 aromatic carbocycles. The maximum atomic E-state index is 12.0. The second-order valence-electron chi connectivity index (χ2n) is 7.40. The summed E-state index contributed by atoms with van der Waals surface area (Å²) in [6, 6.07) is 4.07. The fourth-order valence-corrected chi connectivity index (χ4v) is 3.42. The van der Waals surface area contributed by atoms with E-state index in [1.165, 1.54) is 5.56 Å². The average molecular weight is 347 g/mol. The zero-order valence-corrected chi connectivity index (χ0v) is 15.5. The molecule has 6 heteroatoms. The summed E-state index contributed by atoms with van der Waals surface area (Å²) in [5.74, 6) is 1.37. The van der Waals surface area contributed by atoms with E-state index >= 15 is 0 Å². The molecule has 1 amide bonds. The number of ether oxygens (including phenoxy) is 2. The molecular weight excluding hydrogens is 318 g/mol. The number of carbonyl (C=O) groups is 1. The molecule has 1 saturated heterocycles. The molecule has 2 fully saturated rings. The van der Waals surface area contributed by atoms with Gasteiger partial charge in [0, 0.05) is 26.2 Å². The molecule has 25 heavy (non-hydrogen) atoms. The molecule has 2 atom stereocenters. The van der Waals surface area contributed by atoms with Gasteiger partial charge in [0.05, 0.1) is 18.4 Å². The highest BCUT2D eigenvalue weighted by atomic mass is 16.5. The van der Waals surface area contributed by atoms with Gasteiger partial charge in [-0.3, -0.25) is 4.79 Å². The fourth-order valence-electron chi connectivity index (χ4n) is 3.42. The van der Waals surface area contributed by atoms with Crippen molar-refractivity contribution in [2.75, 3.05) is 39.7 Å². The Hall–Kier alpha value is -1.50. The maximum Gasteiger partial charge on any atom is 0.228 e. The van der Waals surface area contributed by atoms with Crippen molar-refractivity contribution in [3.8, 4) is 0 Å². The molecule has 0 bridgehead atoms. The van der Waals surface area contributed by atoms with Crippen LogP contribution < -0.4 is 5.32 Å². The summed E-state index contributed by atoms with van der Waals surface area (Å²) in [5.41, 5.74) is 2.31. The lowest BCUT2D eigenvalue weighted by Crippen LogP contribution is -2.29. The first kappa shape index (κ1) is 18.3. The van der Waals surface area contributed by atoms with Gasteiger partial charge in [-0.25, -0.2) is 4.98 Å². The molecule has 138 valence electrons. The predicted molar refractivity (Wildman–Crippen MR) is 96.6 cm³/mol. The lowest BCUT2D eigenvalue weighted by atomic mass is 9.87. The summed E-state index contributed by atoms with van der Waals surface area (Å²) in [5, 5.41) is 2.96. The van der Waals surface area contributed by atoms with Gasteiger partial charge in [-0.15, -0.1) is 0 Å². The van der Waals surface area contributed by atoms with Gasteiger partial charge < -0.3 is 19.7 Å². The van der Waals surface area contributed by atoms with Crippen molar-refractivity contribution in [1.29, 1.82) is 0 Å². The summed E-state index contributed by atoms with van der Waals surface area (Å²) in [6.45, 7) is 2.14. The number of rotatable bonds is 7. The number of nitrogens with zero attached hydrogens (tertiary/aromatic N) is 2. The third-order valence-corrected chi connectivity index (χ3v) is 4.83. The lowest BCUT2D eigenvalue weighted by molar-refractivity contribution is -0.117. The van der Waals surface area contributed by atoms with E-state index in [1.54, 1.807) is 7.11 Å². The molecule has 2 aliphatic rings. The largest absolute Gasteiger partial charge is 0.382 e. The van der Waals surface area contributed by atoms with Crippen LogP contribution >= 0.6 is 0 Å². The van der Waals surface area contributed by atoms with Gasteiger partial charge in [-0.1, -0.05) is 6.07 Å². The van der Waals surface area contributed by atoms with Gasteiger partial charge >= 0.3 is 0 Å². The van der Waals surface area contributed by atoms with Crippen molar-refractivity contribution in [3.63, 3.8) is 0 Å². The van der Waals surface area contributed by atoms with Gasteiger partial charge in [0.1, 0.15) is 5.82 Å². The molecule has 3 rings (SSSR count). The van der Waals surface area contributed by atoms with Crippen LogP contribution in [-0.2, 0) is 20.8 Å². The van der Waals surface area contributed by atoms with Crippen molar-refractivity contribution in [2.45, 2.75) is 44.2 Å². The molecule has 1 saturated carbocycles. The van der Waals surface area contributed by atoms with Crippen LogP contribution in [0.5, 0.6) is 0 Å². The molecule has 0 spiro atoms. The molecule has 6 nitrogen and oxygen atoms in total. The second kappa shape index (κ2) is 8.25. The van der Waals surface area contributed by atoms with Crippen molar-refractivity contribution in [1.82, 2.24) is 9.88 Å². The van der Waals surface area contributed by atoms with Crippen LogP contribution in [0.25, 0.3) is 0 Å². The topological polar surface area (TPSA) is 63.7 Å². The average Bonchev–Trinajstić information content (AvgIpc) is 3.40. The molecule has 1 aliphatic heterocycles. The molecule has 2 heterocycles. The minimum atomic E-state index is 0.0993. The summed E-state index contributed by atoms with van der Waals surface area (Å²) in [7, 11) is 5.79. The quantitative estimate of drug-likeness (QED) is 0.820. The zero-order chi connectivity index (χ0) is 17.8. The highest BCUT2D eigenvalue weighted by Crippen LogP contribution is 2.34. The molecule has 1 N–H and O–H groups in total. The van der Waals surface area contributed by atoms with Crippen molar-refractivity contribution in [2.24, 2.45) is 5.92 Å². The van der Waals surface area contributed by atoms with Gasteiger partial charge in [0.2, 0.25) is 5.91 Å². The summed E-state index contributed by atoms with van der Waals surface area (Å²) in [4.78, 5) is 18.9. The number of methoxy groups -OCH3 is 1. The SMILES string of the molecule is COCC1CC(c2ccc(NC(=O)C3CC3)nc2CN(C)C)CCO1. The highest BCUT2D eigenvalue weighted by molar-refractivity contribution is 5.93. The number of nitrogens with one attached hydrogen (secondary N) is 1. The minimum Gasteiger partial charge on any atom is -0.382 e. The van der Waals surface area contributed by atoms with E-state index in [0.717, 1.165) is 44.5 Å². The van der Waals surface area contributed by atoms with E-state index in [2.05, 4.69) is 16.3 Å². The Morgan fingerprint density at radius 1 is 1.36 bits per heavy atom. The van der Waals surface area contributed by atoms with Crippen LogP contribution in [0.1, 0.15) is 42.9 Å². The minimum absolute atomic E-state index is 0.0993. The second-order valence-corrected chi connectivity index (χ2v) is 7.40. The Bertz CT molecular complexity index is 600. The normalized spacial score (nSPS) is 23.7. The number of amides is 1. The predicted octanol–water partition coefficient (Wildman–Crippen LogP) is 2.40. The Kier molecular flexibility index (Phi) is 6.04. The Labute approximate surface area is 149 Å². The van der Waals surface area contributed by atoms with E-state index in [-0.39, 0.29) is 17.9 Å². The first-order chi connectivity index (χ1) is 12.1. The van der Waals surface area contributed by atoms with E-state index in [9.17, 15) is 4.79 Å². The Balaban J connectivity index is 1.77. The molecule has 0 radical (unpaired) electrons. The van der Waals surface area contributed by atoms with Crippen LogP contribution in [0.4, 0.5) is 5.82 Å². The highest BCUT2D eigenvalue weighted by Gasteiger charge is 2.30. The Morgan fingerprint density at radius 2 is 2.16 bits per heavy atom. The number of aromatic nitrogens is 1.